The second kappa shape index (κ2) is 5.77. The maximum atomic E-state index is 13.1. The summed E-state index contributed by atoms with van der Waals surface area (Å²) in [5.74, 6) is -0.873. The molecular weight excluding hydrogens is 228 g/mol. The number of aliphatic hydroxyl groups excluding tert-OH is 1. The molecule has 1 heterocycles. The Morgan fingerprint density at radius 2 is 2.33 bits per heavy atom. The lowest BCUT2D eigenvalue weighted by molar-refractivity contribution is 0.268. The largest absolute Gasteiger partial charge is 0.396 e. The van der Waals surface area contributed by atoms with Gasteiger partial charge in [0, 0.05) is 6.61 Å². The molecule has 2 N–H and O–H groups in total. The zero-order chi connectivity index (χ0) is 11.3. The Balaban J connectivity index is 2.73. The number of hydrogen-bond donors (Lipinski definition) is 2. The van der Waals surface area contributed by atoms with E-state index in [0.717, 1.165) is 6.20 Å². The summed E-state index contributed by atoms with van der Waals surface area (Å²) in [5.41, 5.74) is 0. The van der Waals surface area contributed by atoms with E-state index < -0.39 is 18.5 Å². The minimum atomic E-state index is -0.735. The lowest BCUT2D eigenvalue weighted by atomic mass is 10.2. The van der Waals surface area contributed by atoms with Gasteiger partial charge in [-0.3, -0.25) is 0 Å². The number of rotatable bonds is 5. The lowest BCUT2D eigenvalue weighted by Gasteiger charge is -2.14. The minimum Gasteiger partial charge on any atom is -0.396 e. The second-order valence-corrected chi connectivity index (χ2v) is 3.18. The second-order valence-electron chi connectivity index (χ2n) is 2.84. The van der Waals surface area contributed by atoms with Crippen molar-refractivity contribution in [1.29, 1.82) is 0 Å². The summed E-state index contributed by atoms with van der Waals surface area (Å²) >= 11 is 5.45. The van der Waals surface area contributed by atoms with Crippen LogP contribution in [0.25, 0.3) is 0 Å². The van der Waals surface area contributed by atoms with E-state index in [1.165, 1.54) is 0 Å². The number of anilines is 1. The molecule has 0 aromatic carbocycles. The standard InChI is InChI=1S/C8H10ClF2N3O/c9-8-12-4-6(11)7(14-8)13-5(3-10)1-2-15/h4-5,15H,1-3H2,(H,12,13,14). The van der Waals surface area contributed by atoms with Gasteiger partial charge in [-0.15, -0.1) is 0 Å². The molecule has 15 heavy (non-hydrogen) atoms. The van der Waals surface area contributed by atoms with Gasteiger partial charge in [0.2, 0.25) is 5.28 Å². The number of hydrogen-bond acceptors (Lipinski definition) is 4. The van der Waals surface area contributed by atoms with E-state index in [1.807, 2.05) is 0 Å². The average molecular weight is 238 g/mol. The molecule has 0 aliphatic carbocycles. The summed E-state index contributed by atoms with van der Waals surface area (Å²) in [6, 6.07) is -0.685. The van der Waals surface area contributed by atoms with Crippen molar-refractivity contribution >= 4 is 17.4 Å². The highest BCUT2D eigenvalue weighted by Crippen LogP contribution is 2.14. The van der Waals surface area contributed by atoms with Crippen LogP contribution in [-0.2, 0) is 0 Å². The van der Waals surface area contributed by atoms with Crippen molar-refractivity contribution in [3.8, 4) is 0 Å². The SMILES string of the molecule is OCCC(CF)Nc1nc(Cl)ncc1F. The van der Waals surface area contributed by atoms with Gasteiger partial charge in [0.25, 0.3) is 0 Å². The Hall–Kier alpha value is -1.01. The third-order valence-corrected chi connectivity index (χ3v) is 1.90. The van der Waals surface area contributed by atoms with Gasteiger partial charge < -0.3 is 10.4 Å². The van der Waals surface area contributed by atoms with E-state index in [2.05, 4.69) is 15.3 Å². The Bertz CT molecular complexity index is 327. The molecule has 7 heteroatoms. The smallest absolute Gasteiger partial charge is 0.224 e. The zero-order valence-corrected chi connectivity index (χ0v) is 8.51. The molecule has 1 aromatic heterocycles. The van der Waals surface area contributed by atoms with Crippen LogP contribution in [0, 0.1) is 5.82 Å². The van der Waals surface area contributed by atoms with Crippen LogP contribution in [0.4, 0.5) is 14.6 Å². The maximum Gasteiger partial charge on any atom is 0.224 e. The summed E-state index contributed by atoms with van der Waals surface area (Å²) in [6.07, 6.45) is 1.06. The van der Waals surface area contributed by atoms with Gasteiger partial charge in [0.1, 0.15) is 6.67 Å². The lowest BCUT2D eigenvalue weighted by Crippen LogP contribution is -2.24. The van der Waals surface area contributed by atoms with Crippen LogP contribution in [0.5, 0.6) is 0 Å². The molecule has 0 spiro atoms. The van der Waals surface area contributed by atoms with Crippen molar-refractivity contribution in [1.82, 2.24) is 9.97 Å². The van der Waals surface area contributed by atoms with Crippen LogP contribution >= 0.6 is 11.6 Å². The van der Waals surface area contributed by atoms with Crippen molar-refractivity contribution in [2.45, 2.75) is 12.5 Å². The molecule has 1 rings (SSSR count). The molecular formula is C8H10ClF2N3O. The fraction of sp³-hybridized carbons (Fsp3) is 0.500. The van der Waals surface area contributed by atoms with Gasteiger partial charge in [-0.2, -0.15) is 4.98 Å². The first kappa shape index (κ1) is 12.1. The zero-order valence-electron chi connectivity index (χ0n) is 7.75. The first-order chi connectivity index (χ1) is 7.17. The van der Waals surface area contributed by atoms with E-state index in [1.54, 1.807) is 0 Å². The van der Waals surface area contributed by atoms with Crippen LogP contribution in [0.15, 0.2) is 6.20 Å². The highest BCUT2D eigenvalue weighted by Gasteiger charge is 2.12. The molecule has 4 nitrogen and oxygen atoms in total. The molecule has 1 atom stereocenters. The molecule has 0 saturated carbocycles. The normalized spacial score (nSPS) is 12.5. The first-order valence-electron chi connectivity index (χ1n) is 4.28. The molecule has 0 aliphatic rings. The highest BCUT2D eigenvalue weighted by molar-refractivity contribution is 6.28. The number of halogens is 3. The predicted octanol–water partition coefficient (Wildman–Crippen LogP) is 1.40. The molecule has 0 fully saturated rings. The van der Waals surface area contributed by atoms with Crippen molar-refractivity contribution in [3.05, 3.63) is 17.3 Å². The third-order valence-electron chi connectivity index (χ3n) is 1.72. The van der Waals surface area contributed by atoms with E-state index in [0.29, 0.717) is 0 Å². The highest BCUT2D eigenvalue weighted by atomic mass is 35.5. The number of nitrogens with zero attached hydrogens (tertiary/aromatic N) is 2. The van der Waals surface area contributed by atoms with Gasteiger partial charge in [0.15, 0.2) is 11.6 Å². The van der Waals surface area contributed by atoms with Crippen molar-refractivity contribution < 1.29 is 13.9 Å². The van der Waals surface area contributed by atoms with Crippen LogP contribution in [0.1, 0.15) is 6.42 Å². The molecule has 1 unspecified atom stereocenters. The topological polar surface area (TPSA) is 58.0 Å². The summed E-state index contributed by atoms with van der Waals surface area (Å²) in [5, 5.41) is 11.0. The predicted molar refractivity (Wildman–Crippen MR) is 52.1 cm³/mol. The Labute approximate surface area is 90.3 Å². The minimum absolute atomic E-state index is 0.125. The van der Waals surface area contributed by atoms with Crippen molar-refractivity contribution in [3.63, 3.8) is 0 Å². The first-order valence-corrected chi connectivity index (χ1v) is 4.66. The molecule has 0 aliphatic heterocycles. The van der Waals surface area contributed by atoms with E-state index in [4.69, 9.17) is 16.7 Å². The number of aliphatic hydroxyl groups is 1. The monoisotopic (exact) mass is 237 g/mol. The number of aromatic nitrogens is 2. The molecule has 0 amide bonds. The van der Waals surface area contributed by atoms with Crippen molar-refractivity contribution in [2.24, 2.45) is 0 Å². The van der Waals surface area contributed by atoms with Crippen LogP contribution in [0.2, 0.25) is 5.28 Å². The van der Waals surface area contributed by atoms with E-state index >= 15 is 0 Å². The van der Waals surface area contributed by atoms with Crippen LogP contribution in [0.3, 0.4) is 0 Å². The fourth-order valence-corrected chi connectivity index (χ4v) is 1.12. The van der Waals surface area contributed by atoms with Gasteiger partial charge >= 0.3 is 0 Å². The third kappa shape index (κ3) is 3.56. The van der Waals surface area contributed by atoms with E-state index in [9.17, 15) is 8.78 Å². The molecule has 1 aromatic rings. The van der Waals surface area contributed by atoms with Gasteiger partial charge in [-0.1, -0.05) is 0 Å². The quantitative estimate of drug-likeness (QED) is 0.760. The van der Waals surface area contributed by atoms with E-state index in [-0.39, 0.29) is 24.1 Å². The molecule has 0 radical (unpaired) electrons. The van der Waals surface area contributed by atoms with Crippen LogP contribution in [-0.4, -0.2) is 34.4 Å². The molecule has 0 bridgehead atoms. The van der Waals surface area contributed by atoms with Gasteiger partial charge in [-0.25, -0.2) is 13.8 Å². The number of alkyl halides is 1. The van der Waals surface area contributed by atoms with Gasteiger partial charge in [0.05, 0.1) is 12.2 Å². The summed E-state index contributed by atoms with van der Waals surface area (Å²) < 4.78 is 25.5. The maximum absolute atomic E-state index is 13.1. The Morgan fingerprint density at radius 3 is 2.93 bits per heavy atom. The Kier molecular flexibility index (Phi) is 4.64. The average Bonchev–Trinajstić information content (AvgIpc) is 2.22. The van der Waals surface area contributed by atoms with Gasteiger partial charge in [-0.05, 0) is 18.0 Å². The van der Waals surface area contributed by atoms with Crippen LogP contribution < -0.4 is 5.32 Å². The summed E-state index contributed by atoms with van der Waals surface area (Å²) in [4.78, 5) is 6.98. The molecule has 0 saturated heterocycles. The fourth-order valence-electron chi connectivity index (χ4n) is 0.984. The summed E-state index contributed by atoms with van der Waals surface area (Å²) in [7, 11) is 0. The number of nitrogens with one attached hydrogen (secondary N) is 1. The van der Waals surface area contributed by atoms with Crippen molar-refractivity contribution in [2.75, 3.05) is 18.6 Å². The Morgan fingerprint density at radius 1 is 1.60 bits per heavy atom. The molecule has 84 valence electrons. The summed E-state index contributed by atoms with van der Waals surface area (Å²) in [6.45, 7) is -0.927.